The molecule has 4 rings (SSSR count). The second-order valence-electron chi connectivity index (χ2n) is 7.58. The Morgan fingerprint density at radius 2 is 1.87 bits per heavy atom. The van der Waals surface area contributed by atoms with Crippen molar-refractivity contribution >= 4 is 32.9 Å². The molecular weight excluding hydrogens is 464 g/mol. The molecule has 1 aliphatic carbocycles. The number of fused-ring (bicyclic) bond motifs is 1. The third kappa shape index (κ3) is 5.10. The van der Waals surface area contributed by atoms with Gasteiger partial charge in [0.05, 0.1) is 9.86 Å². The van der Waals surface area contributed by atoms with E-state index in [0.717, 1.165) is 30.2 Å². The Labute approximate surface area is 188 Å². The molecule has 0 saturated heterocycles. The minimum Gasteiger partial charge on any atom is -0.479 e. The monoisotopic (exact) mass is 486 g/mol. The van der Waals surface area contributed by atoms with Gasteiger partial charge < -0.3 is 18.6 Å². The van der Waals surface area contributed by atoms with Crippen LogP contribution in [0.1, 0.15) is 39.0 Å². The molecule has 1 atom stereocenters. The molecule has 0 amide bonds. The third-order valence-electron chi connectivity index (χ3n) is 5.25. The van der Waals surface area contributed by atoms with Gasteiger partial charge in [0.2, 0.25) is 11.2 Å². The molecule has 1 aliphatic rings. The number of rotatable bonds is 6. The maximum absolute atomic E-state index is 12.8. The van der Waals surface area contributed by atoms with E-state index in [2.05, 4.69) is 15.9 Å². The molecule has 3 aromatic rings. The first-order valence-electron chi connectivity index (χ1n) is 10.4. The van der Waals surface area contributed by atoms with Crippen LogP contribution in [0.4, 0.5) is 0 Å². The average Bonchev–Trinajstić information content (AvgIpc) is 2.78. The van der Waals surface area contributed by atoms with Crippen molar-refractivity contribution in [2.45, 2.75) is 51.2 Å². The second-order valence-corrected chi connectivity index (χ2v) is 8.43. The smallest absolute Gasteiger partial charge is 0.347 e. The molecule has 0 aliphatic heterocycles. The van der Waals surface area contributed by atoms with Crippen LogP contribution in [0.15, 0.2) is 62.4 Å². The van der Waals surface area contributed by atoms with Crippen molar-refractivity contribution < 1.29 is 23.4 Å². The molecule has 0 radical (unpaired) electrons. The summed E-state index contributed by atoms with van der Waals surface area (Å²) < 4.78 is 23.3. The maximum atomic E-state index is 12.8. The van der Waals surface area contributed by atoms with Crippen LogP contribution in [-0.2, 0) is 9.53 Å². The molecule has 0 bridgehead atoms. The van der Waals surface area contributed by atoms with Crippen molar-refractivity contribution in [1.82, 2.24) is 0 Å². The third-order valence-corrected chi connectivity index (χ3v) is 5.91. The van der Waals surface area contributed by atoms with Crippen molar-refractivity contribution in [3.63, 3.8) is 0 Å². The summed E-state index contributed by atoms with van der Waals surface area (Å²) in [6, 6.07) is 12.1. The van der Waals surface area contributed by atoms with E-state index in [-0.39, 0.29) is 23.3 Å². The van der Waals surface area contributed by atoms with Crippen LogP contribution in [0.5, 0.6) is 17.2 Å². The van der Waals surface area contributed by atoms with Gasteiger partial charge in [-0.1, -0.05) is 18.6 Å². The Balaban J connectivity index is 1.47. The fourth-order valence-corrected chi connectivity index (χ4v) is 3.94. The van der Waals surface area contributed by atoms with Crippen LogP contribution in [0.3, 0.4) is 0 Å². The molecular formula is C24H23BrO6. The van der Waals surface area contributed by atoms with E-state index >= 15 is 0 Å². The standard InChI is InChI=1S/C24H23BrO6/c1-15(24(27)30-16-7-3-2-4-8-16)29-17-11-12-18-21(13-17)28-14-22(23(18)26)31-20-10-6-5-9-19(20)25/h5-6,9-16H,2-4,7-8H2,1H3/t15-/m1/s1. The molecule has 31 heavy (non-hydrogen) atoms. The van der Waals surface area contributed by atoms with Gasteiger partial charge in [0.1, 0.15) is 29.4 Å². The first kappa shape index (κ1) is 21.4. The molecule has 1 fully saturated rings. The van der Waals surface area contributed by atoms with Crippen LogP contribution in [0, 0.1) is 0 Å². The summed E-state index contributed by atoms with van der Waals surface area (Å²) in [5.41, 5.74) is 0.0446. The zero-order chi connectivity index (χ0) is 21.8. The molecule has 6 nitrogen and oxygen atoms in total. The van der Waals surface area contributed by atoms with Gasteiger partial charge >= 0.3 is 5.97 Å². The van der Waals surface area contributed by atoms with Gasteiger partial charge in [-0.25, -0.2) is 4.79 Å². The van der Waals surface area contributed by atoms with Gasteiger partial charge in [-0.15, -0.1) is 0 Å². The number of hydrogen-bond acceptors (Lipinski definition) is 6. The van der Waals surface area contributed by atoms with Crippen molar-refractivity contribution in [2.75, 3.05) is 0 Å². The van der Waals surface area contributed by atoms with Crippen LogP contribution >= 0.6 is 15.9 Å². The number of hydrogen-bond donors (Lipinski definition) is 0. The van der Waals surface area contributed by atoms with Gasteiger partial charge in [0.15, 0.2) is 6.10 Å². The van der Waals surface area contributed by atoms with Gasteiger partial charge in [-0.3, -0.25) is 4.79 Å². The highest BCUT2D eigenvalue weighted by Crippen LogP contribution is 2.29. The highest BCUT2D eigenvalue weighted by molar-refractivity contribution is 9.10. The SMILES string of the molecule is C[C@@H](Oc1ccc2c(=O)c(Oc3ccccc3Br)coc2c1)C(=O)OC1CCCCC1. The van der Waals surface area contributed by atoms with Crippen LogP contribution in [-0.4, -0.2) is 18.2 Å². The second kappa shape index (κ2) is 9.56. The minimum atomic E-state index is -0.760. The lowest BCUT2D eigenvalue weighted by molar-refractivity contribution is -0.158. The topological polar surface area (TPSA) is 75.0 Å². The Kier molecular flexibility index (Phi) is 6.61. The molecule has 7 heteroatoms. The fourth-order valence-electron chi connectivity index (χ4n) is 3.58. The highest BCUT2D eigenvalue weighted by Gasteiger charge is 2.23. The summed E-state index contributed by atoms with van der Waals surface area (Å²) in [6.07, 6.45) is 5.67. The quantitative estimate of drug-likeness (QED) is 0.398. The Morgan fingerprint density at radius 1 is 1.10 bits per heavy atom. The predicted molar refractivity (Wildman–Crippen MR) is 120 cm³/mol. The van der Waals surface area contributed by atoms with E-state index in [1.54, 1.807) is 31.2 Å². The van der Waals surface area contributed by atoms with E-state index in [9.17, 15) is 9.59 Å². The lowest BCUT2D eigenvalue weighted by atomic mass is 9.98. The fraction of sp³-hybridized carbons (Fsp3) is 0.333. The molecule has 0 N–H and O–H groups in total. The predicted octanol–water partition coefficient (Wildman–Crippen LogP) is 5.99. The number of esters is 1. The van der Waals surface area contributed by atoms with Crippen molar-refractivity contribution in [1.29, 1.82) is 0 Å². The molecule has 1 aromatic heterocycles. The van der Waals surface area contributed by atoms with Crippen LogP contribution in [0.2, 0.25) is 0 Å². The molecule has 0 unspecified atom stereocenters. The zero-order valence-corrected chi connectivity index (χ0v) is 18.7. The molecule has 1 heterocycles. The summed E-state index contributed by atoms with van der Waals surface area (Å²) in [5.74, 6) is 0.630. The highest BCUT2D eigenvalue weighted by atomic mass is 79.9. The largest absolute Gasteiger partial charge is 0.479 e. The lowest BCUT2D eigenvalue weighted by Gasteiger charge is -2.23. The summed E-state index contributed by atoms with van der Waals surface area (Å²) >= 11 is 3.39. The van der Waals surface area contributed by atoms with Crippen LogP contribution < -0.4 is 14.9 Å². The molecule has 1 saturated carbocycles. The summed E-state index contributed by atoms with van der Waals surface area (Å²) in [4.78, 5) is 25.1. The van der Waals surface area contributed by atoms with Gasteiger partial charge in [0.25, 0.3) is 0 Å². The molecule has 162 valence electrons. The number of para-hydroxylation sites is 1. The number of halogens is 1. The van der Waals surface area contributed by atoms with Gasteiger partial charge in [0, 0.05) is 6.07 Å². The van der Waals surface area contributed by atoms with E-state index in [4.69, 9.17) is 18.6 Å². The average molecular weight is 487 g/mol. The summed E-state index contributed by atoms with van der Waals surface area (Å²) in [5, 5.41) is 0.356. The van der Waals surface area contributed by atoms with E-state index < -0.39 is 6.10 Å². The van der Waals surface area contributed by atoms with Crippen LogP contribution in [0.25, 0.3) is 11.0 Å². The van der Waals surface area contributed by atoms with Gasteiger partial charge in [-0.2, -0.15) is 0 Å². The Morgan fingerprint density at radius 3 is 2.65 bits per heavy atom. The van der Waals surface area contributed by atoms with Gasteiger partial charge in [-0.05, 0) is 72.8 Å². The Bertz CT molecular complexity index is 1130. The molecule has 0 spiro atoms. The minimum absolute atomic E-state index is 0.0232. The summed E-state index contributed by atoms with van der Waals surface area (Å²) in [7, 11) is 0. The zero-order valence-electron chi connectivity index (χ0n) is 17.1. The Hall–Kier alpha value is -2.80. The summed E-state index contributed by atoms with van der Waals surface area (Å²) in [6.45, 7) is 1.65. The number of benzene rings is 2. The number of carbonyl (C=O) groups is 1. The van der Waals surface area contributed by atoms with E-state index in [1.165, 1.54) is 12.7 Å². The maximum Gasteiger partial charge on any atom is 0.347 e. The number of carbonyl (C=O) groups excluding carboxylic acids is 1. The molecule has 2 aromatic carbocycles. The van der Waals surface area contributed by atoms with Crippen molar-refractivity contribution in [3.05, 3.63) is 63.4 Å². The first-order valence-corrected chi connectivity index (χ1v) is 11.2. The lowest BCUT2D eigenvalue weighted by Crippen LogP contribution is -2.31. The first-order chi connectivity index (χ1) is 15.0. The van der Waals surface area contributed by atoms with Crippen molar-refractivity contribution in [3.8, 4) is 17.2 Å². The normalized spacial score (nSPS) is 15.4. The van der Waals surface area contributed by atoms with Crippen molar-refractivity contribution in [2.24, 2.45) is 0 Å². The van der Waals surface area contributed by atoms with E-state index in [0.29, 0.717) is 22.5 Å². The number of ether oxygens (including phenoxy) is 3. The van der Waals surface area contributed by atoms with E-state index in [1.807, 2.05) is 18.2 Å².